The van der Waals surface area contributed by atoms with E-state index in [1.807, 2.05) is 6.07 Å². The standard InChI is InChI=1S/C14H18N2O3/c1-14(2,3)11-9-12(19-16-11)15-13(17)18-10-7-5-4-6-8-10/h4-8,12H,9H2,1-3H3,(H,15,17). The van der Waals surface area contributed by atoms with Crippen LogP contribution in [0.3, 0.4) is 0 Å². The third-order valence-electron chi connectivity index (χ3n) is 2.77. The summed E-state index contributed by atoms with van der Waals surface area (Å²) in [5.74, 6) is 0.495. The van der Waals surface area contributed by atoms with Gasteiger partial charge in [-0.25, -0.2) is 4.79 Å². The van der Waals surface area contributed by atoms with Crippen molar-refractivity contribution in [1.29, 1.82) is 0 Å². The summed E-state index contributed by atoms with van der Waals surface area (Å²) in [6.07, 6.45) is -0.417. The fourth-order valence-electron chi connectivity index (χ4n) is 1.65. The second-order valence-electron chi connectivity index (χ2n) is 5.43. The molecule has 0 radical (unpaired) electrons. The Balaban J connectivity index is 1.83. The number of nitrogens with zero attached hydrogens (tertiary/aromatic N) is 1. The van der Waals surface area contributed by atoms with Crippen molar-refractivity contribution in [2.24, 2.45) is 10.6 Å². The summed E-state index contributed by atoms with van der Waals surface area (Å²) in [5.41, 5.74) is 0.872. The van der Waals surface area contributed by atoms with E-state index in [1.165, 1.54) is 0 Å². The van der Waals surface area contributed by atoms with Gasteiger partial charge < -0.3 is 9.57 Å². The van der Waals surface area contributed by atoms with Gasteiger partial charge in [-0.2, -0.15) is 0 Å². The van der Waals surface area contributed by atoms with Crippen molar-refractivity contribution in [3.05, 3.63) is 30.3 Å². The molecule has 0 saturated heterocycles. The highest BCUT2D eigenvalue weighted by Crippen LogP contribution is 2.24. The van der Waals surface area contributed by atoms with Crippen LogP contribution in [0.2, 0.25) is 0 Å². The lowest BCUT2D eigenvalue weighted by atomic mass is 9.88. The van der Waals surface area contributed by atoms with Crippen LogP contribution in [-0.4, -0.2) is 18.0 Å². The highest BCUT2D eigenvalue weighted by Gasteiger charge is 2.30. The van der Waals surface area contributed by atoms with Gasteiger partial charge in [-0.1, -0.05) is 44.1 Å². The number of carbonyl (C=O) groups is 1. The van der Waals surface area contributed by atoms with Gasteiger partial charge in [0.05, 0.1) is 5.71 Å². The van der Waals surface area contributed by atoms with E-state index in [9.17, 15) is 4.79 Å². The van der Waals surface area contributed by atoms with Crippen molar-refractivity contribution in [3.8, 4) is 5.75 Å². The fraction of sp³-hybridized carbons (Fsp3) is 0.429. The van der Waals surface area contributed by atoms with Crippen molar-refractivity contribution in [2.45, 2.75) is 33.4 Å². The van der Waals surface area contributed by atoms with Gasteiger partial charge in [0.15, 0.2) is 0 Å². The minimum absolute atomic E-state index is 0.0558. The summed E-state index contributed by atoms with van der Waals surface area (Å²) in [4.78, 5) is 16.8. The number of nitrogens with one attached hydrogen (secondary N) is 1. The highest BCUT2D eigenvalue weighted by molar-refractivity contribution is 5.90. The van der Waals surface area contributed by atoms with Gasteiger partial charge in [-0.3, -0.25) is 5.32 Å². The number of rotatable bonds is 2. The van der Waals surface area contributed by atoms with E-state index in [1.54, 1.807) is 24.3 Å². The summed E-state index contributed by atoms with van der Waals surface area (Å²) in [6, 6.07) is 8.89. The monoisotopic (exact) mass is 262 g/mol. The number of carbonyl (C=O) groups excluding carboxylic acids is 1. The lowest BCUT2D eigenvalue weighted by molar-refractivity contribution is 0.0608. The highest BCUT2D eigenvalue weighted by atomic mass is 16.7. The fourth-order valence-corrected chi connectivity index (χ4v) is 1.65. The van der Waals surface area contributed by atoms with Gasteiger partial charge in [0.2, 0.25) is 6.23 Å². The molecule has 1 atom stereocenters. The molecule has 5 nitrogen and oxygen atoms in total. The van der Waals surface area contributed by atoms with E-state index in [2.05, 4.69) is 31.2 Å². The predicted molar refractivity (Wildman–Crippen MR) is 72.0 cm³/mol. The van der Waals surface area contributed by atoms with Crippen LogP contribution in [-0.2, 0) is 4.84 Å². The van der Waals surface area contributed by atoms with Crippen molar-refractivity contribution < 1.29 is 14.4 Å². The molecule has 0 bridgehead atoms. The Morgan fingerprint density at radius 1 is 1.37 bits per heavy atom. The number of para-hydroxylation sites is 1. The molecular formula is C14H18N2O3. The second kappa shape index (κ2) is 5.30. The van der Waals surface area contributed by atoms with Gasteiger partial charge in [-0.15, -0.1) is 0 Å². The lowest BCUT2D eigenvalue weighted by Gasteiger charge is -2.17. The maximum atomic E-state index is 11.7. The first-order valence-electron chi connectivity index (χ1n) is 6.22. The third-order valence-corrected chi connectivity index (χ3v) is 2.77. The molecule has 1 amide bonds. The molecule has 1 aromatic rings. The minimum atomic E-state index is -0.540. The number of ether oxygens (including phenoxy) is 1. The number of benzene rings is 1. The van der Waals surface area contributed by atoms with E-state index in [-0.39, 0.29) is 5.41 Å². The lowest BCUT2D eigenvalue weighted by Crippen LogP contribution is -2.37. The zero-order valence-electron chi connectivity index (χ0n) is 11.3. The van der Waals surface area contributed by atoms with E-state index in [0.717, 1.165) is 5.71 Å². The first kappa shape index (κ1) is 13.4. The zero-order valence-corrected chi connectivity index (χ0v) is 11.3. The first-order chi connectivity index (χ1) is 8.95. The van der Waals surface area contributed by atoms with Gasteiger partial charge in [-0.05, 0) is 12.1 Å². The van der Waals surface area contributed by atoms with Gasteiger partial charge in [0, 0.05) is 11.8 Å². The molecule has 1 aromatic carbocycles. The molecule has 0 spiro atoms. The number of amides is 1. The Bertz CT molecular complexity index is 477. The molecule has 5 heteroatoms. The van der Waals surface area contributed by atoms with Gasteiger partial charge in [0.1, 0.15) is 5.75 Å². The van der Waals surface area contributed by atoms with Crippen molar-refractivity contribution in [1.82, 2.24) is 5.32 Å². The van der Waals surface area contributed by atoms with E-state index >= 15 is 0 Å². The summed E-state index contributed by atoms with van der Waals surface area (Å²) < 4.78 is 5.12. The average molecular weight is 262 g/mol. The van der Waals surface area contributed by atoms with E-state index in [0.29, 0.717) is 12.2 Å². The molecule has 102 valence electrons. The van der Waals surface area contributed by atoms with E-state index in [4.69, 9.17) is 9.57 Å². The van der Waals surface area contributed by atoms with Crippen LogP contribution >= 0.6 is 0 Å². The molecule has 1 N–H and O–H groups in total. The SMILES string of the molecule is CC(C)(C)C1=NOC(NC(=O)Oc2ccccc2)C1. The summed E-state index contributed by atoms with van der Waals surface area (Å²) in [6.45, 7) is 6.17. The van der Waals surface area contributed by atoms with Crippen LogP contribution in [0.25, 0.3) is 0 Å². The first-order valence-corrected chi connectivity index (χ1v) is 6.22. The molecule has 0 fully saturated rings. The molecule has 0 aliphatic carbocycles. The Morgan fingerprint density at radius 3 is 2.63 bits per heavy atom. The summed E-state index contributed by atoms with van der Waals surface area (Å²) in [5, 5.41) is 6.63. The summed E-state index contributed by atoms with van der Waals surface area (Å²) in [7, 11) is 0. The third kappa shape index (κ3) is 3.71. The predicted octanol–water partition coefficient (Wildman–Crippen LogP) is 2.92. The van der Waals surface area contributed by atoms with Crippen molar-refractivity contribution in [3.63, 3.8) is 0 Å². The molecule has 0 aromatic heterocycles. The number of hydrogen-bond donors (Lipinski definition) is 1. The van der Waals surface area contributed by atoms with Crippen molar-refractivity contribution in [2.75, 3.05) is 0 Å². The number of oxime groups is 1. The largest absolute Gasteiger partial charge is 0.415 e. The quantitative estimate of drug-likeness (QED) is 0.891. The molecule has 19 heavy (non-hydrogen) atoms. The summed E-state index contributed by atoms with van der Waals surface area (Å²) >= 11 is 0. The van der Waals surface area contributed by atoms with Crippen LogP contribution in [0.15, 0.2) is 35.5 Å². The molecule has 0 saturated carbocycles. The average Bonchev–Trinajstić information content (AvgIpc) is 2.78. The normalized spacial score (nSPS) is 18.5. The molecule has 1 aliphatic rings. The smallest absolute Gasteiger partial charge is 0.410 e. The molecule has 1 heterocycles. The minimum Gasteiger partial charge on any atom is -0.410 e. The Kier molecular flexibility index (Phi) is 3.74. The van der Waals surface area contributed by atoms with Crippen LogP contribution in [0.4, 0.5) is 4.79 Å². The maximum absolute atomic E-state index is 11.7. The maximum Gasteiger partial charge on any atom is 0.415 e. The van der Waals surface area contributed by atoms with Crippen LogP contribution in [0, 0.1) is 5.41 Å². The number of hydrogen-bond acceptors (Lipinski definition) is 4. The Labute approximate surface area is 112 Å². The van der Waals surface area contributed by atoms with Gasteiger partial charge >= 0.3 is 6.09 Å². The second-order valence-corrected chi connectivity index (χ2v) is 5.43. The van der Waals surface area contributed by atoms with Gasteiger partial charge in [0.25, 0.3) is 0 Å². The molecule has 2 rings (SSSR count). The van der Waals surface area contributed by atoms with Crippen LogP contribution in [0.1, 0.15) is 27.2 Å². The molecular weight excluding hydrogens is 244 g/mol. The Morgan fingerprint density at radius 2 is 2.05 bits per heavy atom. The van der Waals surface area contributed by atoms with Crippen LogP contribution in [0.5, 0.6) is 5.75 Å². The topological polar surface area (TPSA) is 59.9 Å². The van der Waals surface area contributed by atoms with Crippen LogP contribution < -0.4 is 10.1 Å². The van der Waals surface area contributed by atoms with Crippen molar-refractivity contribution >= 4 is 11.8 Å². The van der Waals surface area contributed by atoms with E-state index < -0.39 is 12.3 Å². The molecule has 1 unspecified atom stereocenters. The molecule has 1 aliphatic heterocycles. The Hall–Kier alpha value is -2.04. The zero-order chi connectivity index (χ0) is 13.9.